The molecule has 0 aliphatic carbocycles. The minimum absolute atomic E-state index is 0.0403. The van der Waals surface area contributed by atoms with Gasteiger partial charge in [0.2, 0.25) is 5.82 Å². The first kappa shape index (κ1) is 13.2. The molecule has 0 amide bonds. The highest BCUT2D eigenvalue weighted by Crippen LogP contribution is 2.32. The van der Waals surface area contributed by atoms with Crippen LogP contribution in [0, 0.1) is 21.7 Å². The molecular formula is C12H7ClF2N2O2. The van der Waals surface area contributed by atoms with Gasteiger partial charge >= 0.3 is 5.69 Å². The van der Waals surface area contributed by atoms with Crippen LogP contribution in [0.1, 0.15) is 0 Å². The first-order chi connectivity index (χ1) is 8.99. The SMILES string of the molecule is O=[N+]([O-])c1c(F)cccc1Nc1ccc(F)cc1Cl. The van der Waals surface area contributed by atoms with Crippen molar-refractivity contribution in [3.8, 4) is 0 Å². The summed E-state index contributed by atoms with van der Waals surface area (Å²) in [6.45, 7) is 0. The number of halogens is 3. The molecular weight excluding hydrogens is 278 g/mol. The fourth-order valence-electron chi connectivity index (χ4n) is 1.54. The van der Waals surface area contributed by atoms with Crippen molar-refractivity contribution in [1.82, 2.24) is 0 Å². The van der Waals surface area contributed by atoms with Gasteiger partial charge in [0.25, 0.3) is 0 Å². The molecule has 0 saturated carbocycles. The lowest BCUT2D eigenvalue weighted by Crippen LogP contribution is -2.00. The van der Waals surface area contributed by atoms with Crippen LogP contribution < -0.4 is 5.32 Å². The quantitative estimate of drug-likeness (QED) is 0.676. The molecule has 4 nitrogen and oxygen atoms in total. The van der Waals surface area contributed by atoms with Gasteiger partial charge in [-0.05, 0) is 30.3 Å². The monoisotopic (exact) mass is 284 g/mol. The Hall–Kier alpha value is -2.21. The molecule has 0 fully saturated rings. The Kier molecular flexibility index (Phi) is 3.62. The molecule has 1 N–H and O–H groups in total. The van der Waals surface area contributed by atoms with Crippen LogP contribution in [0.15, 0.2) is 36.4 Å². The fraction of sp³-hybridized carbons (Fsp3) is 0. The van der Waals surface area contributed by atoms with Gasteiger partial charge in [0.15, 0.2) is 0 Å². The Labute approximate surface area is 111 Å². The molecule has 0 bridgehead atoms. The molecule has 2 rings (SSSR count). The van der Waals surface area contributed by atoms with E-state index in [9.17, 15) is 18.9 Å². The summed E-state index contributed by atoms with van der Waals surface area (Å²) in [6.07, 6.45) is 0. The van der Waals surface area contributed by atoms with Crippen molar-refractivity contribution in [2.75, 3.05) is 5.32 Å². The summed E-state index contributed by atoms with van der Waals surface area (Å²) >= 11 is 5.79. The maximum absolute atomic E-state index is 13.4. The third kappa shape index (κ3) is 2.79. The second-order valence-corrected chi connectivity index (χ2v) is 4.05. The summed E-state index contributed by atoms with van der Waals surface area (Å²) in [6, 6.07) is 7.14. The van der Waals surface area contributed by atoms with Crippen molar-refractivity contribution >= 4 is 28.7 Å². The van der Waals surface area contributed by atoms with Gasteiger partial charge in [0.1, 0.15) is 11.5 Å². The minimum Gasteiger partial charge on any atom is -0.349 e. The second-order valence-electron chi connectivity index (χ2n) is 3.64. The van der Waals surface area contributed by atoms with Crippen molar-refractivity contribution in [1.29, 1.82) is 0 Å². The molecule has 2 aromatic rings. The van der Waals surface area contributed by atoms with Gasteiger partial charge in [-0.25, -0.2) is 4.39 Å². The molecule has 0 unspecified atom stereocenters. The molecule has 2 aromatic carbocycles. The van der Waals surface area contributed by atoms with E-state index in [1.54, 1.807) is 0 Å². The summed E-state index contributed by atoms with van der Waals surface area (Å²) in [7, 11) is 0. The van der Waals surface area contributed by atoms with Crippen LogP contribution in [0.5, 0.6) is 0 Å². The van der Waals surface area contributed by atoms with Crippen molar-refractivity contribution in [3.05, 3.63) is 63.2 Å². The van der Waals surface area contributed by atoms with Crippen molar-refractivity contribution in [3.63, 3.8) is 0 Å². The van der Waals surface area contributed by atoms with E-state index < -0.39 is 22.2 Å². The van der Waals surface area contributed by atoms with E-state index in [0.717, 1.165) is 18.2 Å². The highest BCUT2D eigenvalue weighted by Gasteiger charge is 2.20. The van der Waals surface area contributed by atoms with E-state index in [-0.39, 0.29) is 16.4 Å². The van der Waals surface area contributed by atoms with E-state index >= 15 is 0 Å². The molecule has 0 atom stereocenters. The third-order valence-corrected chi connectivity index (χ3v) is 2.68. The number of nitrogens with zero attached hydrogens (tertiary/aromatic N) is 1. The molecule has 0 heterocycles. The summed E-state index contributed by atoms with van der Waals surface area (Å²) in [5.41, 5.74) is -0.502. The van der Waals surface area contributed by atoms with Gasteiger partial charge in [-0.3, -0.25) is 10.1 Å². The van der Waals surface area contributed by atoms with Crippen LogP contribution in [0.2, 0.25) is 5.02 Å². The summed E-state index contributed by atoms with van der Waals surface area (Å²) in [5, 5.41) is 13.5. The first-order valence-corrected chi connectivity index (χ1v) is 5.52. The third-order valence-electron chi connectivity index (χ3n) is 2.37. The number of benzene rings is 2. The predicted octanol–water partition coefficient (Wildman–Crippen LogP) is 4.27. The molecule has 0 aromatic heterocycles. The highest BCUT2D eigenvalue weighted by atomic mass is 35.5. The maximum Gasteiger partial charge on any atom is 0.327 e. The maximum atomic E-state index is 13.4. The Morgan fingerprint density at radius 1 is 1.16 bits per heavy atom. The van der Waals surface area contributed by atoms with Crippen molar-refractivity contribution in [2.45, 2.75) is 0 Å². The largest absolute Gasteiger partial charge is 0.349 e. The number of para-hydroxylation sites is 1. The second kappa shape index (κ2) is 5.19. The van der Waals surface area contributed by atoms with Gasteiger partial charge in [-0.2, -0.15) is 4.39 Å². The Morgan fingerprint density at radius 3 is 2.53 bits per heavy atom. The van der Waals surface area contributed by atoms with E-state index in [0.29, 0.717) is 0 Å². The highest BCUT2D eigenvalue weighted by molar-refractivity contribution is 6.33. The molecule has 0 spiro atoms. The Bertz CT molecular complexity index is 650. The number of nitro benzene ring substituents is 1. The summed E-state index contributed by atoms with van der Waals surface area (Å²) < 4.78 is 26.3. The molecule has 19 heavy (non-hydrogen) atoms. The van der Waals surface area contributed by atoms with Gasteiger partial charge in [-0.1, -0.05) is 17.7 Å². The molecule has 98 valence electrons. The first-order valence-electron chi connectivity index (χ1n) is 5.14. The number of hydrogen-bond acceptors (Lipinski definition) is 3. The van der Waals surface area contributed by atoms with Crippen LogP contribution in [0.3, 0.4) is 0 Å². The number of hydrogen-bond donors (Lipinski definition) is 1. The van der Waals surface area contributed by atoms with Crippen LogP contribution in [-0.4, -0.2) is 4.92 Å². The molecule has 0 aliphatic rings. The zero-order chi connectivity index (χ0) is 14.0. The van der Waals surface area contributed by atoms with Crippen LogP contribution in [0.4, 0.5) is 25.8 Å². The zero-order valence-electron chi connectivity index (χ0n) is 9.36. The minimum atomic E-state index is -0.965. The van der Waals surface area contributed by atoms with Crippen molar-refractivity contribution in [2.24, 2.45) is 0 Å². The lowest BCUT2D eigenvalue weighted by molar-refractivity contribution is -0.386. The van der Waals surface area contributed by atoms with Gasteiger partial charge in [0.05, 0.1) is 15.6 Å². The smallest absolute Gasteiger partial charge is 0.327 e. The average molecular weight is 285 g/mol. The van der Waals surface area contributed by atoms with Crippen LogP contribution >= 0.6 is 11.6 Å². The van der Waals surface area contributed by atoms with Gasteiger partial charge in [-0.15, -0.1) is 0 Å². The fourth-order valence-corrected chi connectivity index (χ4v) is 1.75. The van der Waals surface area contributed by atoms with E-state index in [1.165, 1.54) is 18.2 Å². The number of nitrogens with one attached hydrogen (secondary N) is 1. The molecule has 0 radical (unpaired) electrons. The topological polar surface area (TPSA) is 55.2 Å². The average Bonchev–Trinajstić information content (AvgIpc) is 2.32. The van der Waals surface area contributed by atoms with E-state index in [4.69, 9.17) is 11.6 Å². The number of nitro groups is 1. The number of anilines is 2. The van der Waals surface area contributed by atoms with E-state index in [1.807, 2.05) is 0 Å². The lowest BCUT2D eigenvalue weighted by Gasteiger charge is -2.09. The van der Waals surface area contributed by atoms with Gasteiger partial charge < -0.3 is 5.32 Å². The Morgan fingerprint density at radius 2 is 1.89 bits per heavy atom. The zero-order valence-corrected chi connectivity index (χ0v) is 10.1. The van der Waals surface area contributed by atoms with Gasteiger partial charge in [0, 0.05) is 0 Å². The predicted molar refractivity (Wildman–Crippen MR) is 67.7 cm³/mol. The number of rotatable bonds is 3. The van der Waals surface area contributed by atoms with E-state index in [2.05, 4.69) is 5.32 Å². The van der Waals surface area contributed by atoms with Crippen molar-refractivity contribution < 1.29 is 13.7 Å². The molecule has 0 saturated heterocycles. The normalized spacial score (nSPS) is 10.3. The van der Waals surface area contributed by atoms with Crippen LogP contribution in [-0.2, 0) is 0 Å². The Balaban J connectivity index is 2.44. The summed E-state index contributed by atoms with van der Waals surface area (Å²) in [4.78, 5) is 9.97. The standard InChI is InChI=1S/C12H7ClF2N2O2/c13-8-6-7(14)4-5-10(8)16-11-3-1-2-9(15)12(11)17(18)19/h1-6,16H. The van der Waals surface area contributed by atoms with Crippen LogP contribution in [0.25, 0.3) is 0 Å². The lowest BCUT2D eigenvalue weighted by atomic mass is 10.2. The molecule has 7 heteroatoms. The molecule has 0 aliphatic heterocycles. The summed E-state index contributed by atoms with van der Waals surface area (Å²) in [5.74, 6) is -1.50.